The number of nitrogens with zero attached hydrogens (tertiary/aromatic N) is 2. The third-order valence-corrected chi connectivity index (χ3v) is 3.31. The van der Waals surface area contributed by atoms with Crippen molar-refractivity contribution < 1.29 is 27.1 Å². The van der Waals surface area contributed by atoms with Crippen LogP contribution in [0.1, 0.15) is 17.2 Å². The largest absolute Gasteiger partial charge is 0.459 e. The van der Waals surface area contributed by atoms with Gasteiger partial charge in [0, 0.05) is 0 Å². The van der Waals surface area contributed by atoms with Gasteiger partial charge in [-0.2, -0.15) is 17.9 Å². The molecule has 0 aliphatic heterocycles. The predicted molar refractivity (Wildman–Crippen MR) is 74.9 cm³/mol. The Kier molecular flexibility index (Phi) is 4.02. The van der Waals surface area contributed by atoms with Gasteiger partial charge < -0.3 is 13.9 Å². The number of hydrogen-bond donors (Lipinski definition) is 1. The summed E-state index contributed by atoms with van der Waals surface area (Å²) in [4.78, 5) is 11.7. The van der Waals surface area contributed by atoms with Crippen molar-refractivity contribution >= 4 is 0 Å². The lowest BCUT2D eigenvalue weighted by atomic mass is 10.0. The summed E-state index contributed by atoms with van der Waals surface area (Å²) >= 11 is 0. The van der Waals surface area contributed by atoms with Gasteiger partial charge in [0.2, 0.25) is 0 Å². The summed E-state index contributed by atoms with van der Waals surface area (Å²) in [5, 5.41) is 13.9. The van der Waals surface area contributed by atoms with E-state index in [4.69, 9.17) is 8.83 Å². The van der Waals surface area contributed by atoms with Crippen molar-refractivity contribution in [3.05, 3.63) is 64.3 Å². The summed E-state index contributed by atoms with van der Waals surface area (Å²) in [5.41, 5.74) is -1.32. The number of alkyl halides is 3. The molecule has 3 aromatic rings. The van der Waals surface area contributed by atoms with E-state index >= 15 is 0 Å². The molecule has 1 aromatic carbocycles. The molecule has 0 saturated heterocycles. The van der Waals surface area contributed by atoms with Gasteiger partial charge in [-0.1, -0.05) is 18.2 Å². The summed E-state index contributed by atoms with van der Waals surface area (Å²) in [5.74, 6) is -0.845. The number of aliphatic hydroxyl groups excluding tert-OH is 1. The maximum atomic E-state index is 13.0. The lowest BCUT2D eigenvalue weighted by molar-refractivity contribution is -0.139. The topological polar surface area (TPSA) is 81.4 Å². The lowest BCUT2D eigenvalue weighted by Crippen LogP contribution is -2.22. The Morgan fingerprint density at radius 3 is 2.62 bits per heavy atom. The average Bonchev–Trinajstić information content (AvgIpc) is 3.17. The van der Waals surface area contributed by atoms with Gasteiger partial charge in [0.05, 0.1) is 24.5 Å². The van der Waals surface area contributed by atoms with E-state index in [9.17, 15) is 23.1 Å². The smallest absolute Gasteiger partial charge is 0.437 e. The molecule has 2 heterocycles. The molecule has 1 unspecified atom stereocenters. The molecule has 0 bridgehead atoms. The third-order valence-electron chi connectivity index (χ3n) is 3.31. The van der Waals surface area contributed by atoms with Gasteiger partial charge in [0.25, 0.3) is 5.89 Å². The van der Waals surface area contributed by atoms with Crippen LogP contribution in [-0.2, 0) is 12.7 Å². The van der Waals surface area contributed by atoms with Crippen molar-refractivity contribution in [2.75, 3.05) is 0 Å². The minimum absolute atomic E-state index is 0.124. The molecule has 0 amide bonds. The molecule has 0 fully saturated rings. The van der Waals surface area contributed by atoms with E-state index in [1.54, 1.807) is 6.07 Å². The summed E-state index contributed by atoms with van der Waals surface area (Å²) in [7, 11) is 0. The fourth-order valence-corrected chi connectivity index (χ4v) is 2.23. The van der Waals surface area contributed by atoms with Gasteiger partial charge >= 0.3 is 11.9 Å². The minimum Gasteiger partial charge on any atom is -0.459 e. The summed E-state index contributed by atoms with van der Waals surface area (Å²) in [6.45, 7) is -0.490. The number of halogens is 3. The Morgan fingerprint density at radius 2 is 1.96 bits per heavy atom. The molecule has 2 aromatic heterocycles. The first kappa shape index (κ1) is 16.1. The van der Waals surface area contributed by atoms with E-state index in [0.717, 1.165) is 16.8 Å². The van der Waals surface area contributed by atoms with Crippen LogP contribution >= 0.6 is 0 Å². The van der Waals surface area contributed by atoms with Crippen LogP contribution in [0.5, 0.6) is 0 Å². The Bertz CT molecular complexity index is 881. The van der Waals surface area contributed by atoms with Crippen LogP contribution in [0.4, 0.5) is 13.2 Å². The van der Waals surface area contributed by atoms with Crippen molar-refractivity contribution in [1.82, 2.24) is 9.78 Å². The molecule has 126 valence electrons. The van der Waals surface area contributed by atoms with Crippen LogP contribution in [0, 0.1) is 0 Å². The summed E-state index contributed by atoms with van der Waals surface area (Å²) in [6, 6.07) is 7.65. The van der Waals surface area contributed by atoms with Crippen molar-refractivity contribution in [2.24, 2.45) is 0 Å². The minimum atomic E-state index is -4.62. The highest BCUT2D eigenvalue weighted by Crippen LogP contribution is 2.34. The second-order valence-electron chi connectivity index (χ2n) is 4.93. The Balaban J connectivity index is 1.89. The van der Waals surface area contributed by atoms with Gasteiger partial charge in [0.15, 0.2) is 5.76 Å². The molecular formula is C15H11F3N2O4. The van der Waals surface area contributed by atoms with Crippen LogP contribution in [-0.4, -0.2) is 14.9 Å². The highest BCUT2D eigenvalue weighted by molar-refractivity contribution is 5.42. The number of rotatable bonds is 4. The van der Waals surface area contributed by atoms with Crippen LogP contribution in [0.25, 0.3) is 11.7 Å². The number of aromatic nitrogens is 2. The van der Waals surface area contributed by atoms with Gasteiger partial charge in [0.1, 0.15) is 0 Å². The van der Waals surface area contributed by atoms with Crippen molar-refractivity contribution in [3.8, 4) is 11.7 Å². The Labute approximate surface area is 132 Å². The maximum Gasteiger partial charge on any atom is 0.437 e. The van der Waals surface area contributed by atoms with E-state index in [-0.39, 0.29) is 17.2 Å². The fourth-order valence-electron chi connectivity index (χ4n) is 2.23. The second kappa shape index (κ2) is 6.00. The average molecular weight is 340 g/mol. The van der Waals surface area contributed by atoms with E-state index in [1.807, 2.05) is 0 Å². The van der Waals surface area contributed by atoms with Crippen molar-refractivity contribution in [1.29, 1.82) is 0 Å². The molecule has 24 heavy (non-hydrogen) atoms. The van der Waals surface area contributed by atoms with Gasteiger partial charge in [-0.15, -0.1) is 5.10 Å². The highest BCUT2D eigenvalue weighted by atomic mass is 19.4. The fraction of sp³-hybridized carbons (Fsp3) is 0.200. The van der Waals surface area contributed by atoms with Crippen molar-refractivity contribution in [2.45, 2.75) is 18.8 Å². The molecule has 1 atom stereocenters. The molecular weight excluding hydrogens is 329 g/mol. The zero-order valence-electron chi connectivity index (χ0n) is 12.0. The summed E-state index contributed by atoms with van der Waals surface area (Å²) < 4.78 is 49.6. The van der Waals surface area contributed by atoms with Crippen LogP contribution in [0.3, 0.4) is 0 Å². The van der Waals surface area contributed by atoms with Crippen LogP contribution in [0.15, 0.2) is 56.3 Å². The quantitative estimate of drug-likeness (QED) is 0.790. The van der Waals surface area contributed by atoms with E-state index in [1.165, 1.54) is 24.5 Å². The monoisotopic (exact) mass is 340 g/mol. The van der Waals surface area contributed by atoms with Crippen LogP contribution < -0.4 is 5.76 Å². The van der Waals surface area contributed by atoms with E-state index < -0.39 is 30.1 Å². The van der Waals surface area contributed by atoms with Gasteiger partial charge in [-0.05, 0) is 23.8 Å². The molecule has 9 heteroatoms. The Hall–Kier alpha value is -2.81. The van der Waals surface area contributed by atoms with Gasteiger partial charge in [-0.3, -0.25) is 0 Å². The lowest BCUT2D eigenvalue weighted by Gasteiger charge is -2.16. The third kappa shape index (κ3) is 3.11. The first-order chi connectivity index (χ1) is 11.4. The molecule has 0 radical (unpaired) electrons. The first-order valence-corrected chi connectivity index (χ1v) is 6.82. The van der Waals surface area contributed by atoms with E-state index in [0.29, 0.717) is 0 Å². The van der Waals surface area contributed by atoms with Crippen molar-refractivity contribution in [3.63, 3.8) is 0 Å². The number of hydrogen-bond acceptors (Lipinski definition) is 5. The molecule has 0 aliphatic rings. The number of aliphatic hydroxyl groups is 1. The zero-order valence-corrected chi connectivity index (χ0v) is 12.0. The number of furan rings is 1. The SMILES string of the molecule is O=c1oc(-c2ccco2)nn1CC(O)c1ccccc1C(F)(F)F. The highest BCUT2D eigenvalue weighted by Gasteiger charge is 2.34. The second-order valence-corrected chi connectivity index (χ2v) is 4.93. The zero-order chi connectivity index (χ0) is 17.3. The molecule has 1 N–H and O–H groups in total. The van der Waals surface area contributed by atoms with Gasteiger partial charge in [-0.25, -0.2) is 4.79 Å². The molecule has 0 saturated carbocycles. The van der Waals surface area contributed by atoms with Crippen LogP contribution in [0.2, 0.25) is 0 Å². The number of benzene rings is 1. The molecule has 3 rings (SSSR count). The Morgan fingerprint density at radius 1 is 1.21 bits per heavy atom. The first-order valence-electron chi connectivity index (χ1n) is 6.82. The predicted octanol–water partition coefficient (Wildman–Crippen LogP) is 2.85. The summed E-state index contributed by atoms with van der Waals surface area (Å²) in [6.07, 6.45) is -4.86. The normalized spacial score (nSPS) is 13.2. The molecule has 0 spiro atoms. The maximum absolute atomic E-state index is 13.0. The molecule has 6 nitrogen and oxygen atoms in total. The van der Waals surface area contributed by atoms with E-state index in [2.05, 4.69) is 5.10 Å². The molecule has 0 aliphatic carbocycles. The standard InChI is InChI=1S/C15H11F3N2O4/c16-15(17,18)10-5-2-1-4-9(10)11(21)8-20-14(22)24-13(19-20)12-6-3-7-23-12/h1-7,11,21H,8H2.